The van der Waals surface area contributed by atoms with E-state index >= 15 is 0 Å². The summed E-state index contributed by atoms with van der Waals surface area (Å²) in [4.78, 5) is 8.55. The zero-order chi connectivity index (χ0) is 12.4. The average Bonchev–Trinajstić information content (AvgIpc) is 2.90. The van der Waals surface area contributed by atoms with Gasteiger partial charge in [0.15, 0.2) is 0 Å². The Morgan fingerprint density at radius 3 is 2.56 bits per heavy atom. The molecule has 3 rings (SSSR count). The van der Waals surface area contributed by atoms with Gasteiger partial charge in [0.2, 0.25) is 0 Å². The van der Waals surface area contributed by atoms with Crippen molar-refractivity contribution in [2.24, 2.45) is 0 Å². The molecule has 0 amide bonds. The summed E-state index contributed by atoms with van der Waals surface area (Å²) in [5, 5.41) is 0. The zero-order valence-electron chi connectivity index (χ0n) is 9.49. The molecule has 0 fully saturated rings. The van der Waals surface area contributed by atoms with Crippen molar-refractivity contribution in [3.05, 3.63) is 65.7 Å². The van der Waals surface area contributed by atoms with Crippen molar-refractivity contribution in [1.29, 1.82) is 0 Å². The van der Waals surface area contributed by atoms with Crippen LogP contribution < -0.4 is 0 Å². The topological polar surface area (TPSA) is 30.7 Å². The second-order valence-electron chi connectivity index (χ2n) is 3.84. The molecule has 0 aliphatic carbocycles. The van der Waals surface area contributed by atoms with E-state index in [0.717, 1.165) is 21.5 Å². The lowest BCUT2D eigenvalue weighted by Crippen LogP contribution is -1.96. The molecular formula is C14H10BrN3. The maximum absolute atomic E-state index is 4.41. The van der Waals surface area contributed by atoms with Gasteiger partial charge in [0.25, 0.3) is 0 Å². The molecule has 2 aromatic heterocycles. The number of benzene rings is 1. The van der Waals surface area contributed by atoms with Gasteiger partial charge in [0.1, 0.15) is 5.82 Å². The third-order valence-electron chi connectivity index (χ3n) is 2.67. The number of pyridine rings is 1. The third-order valence-corrected chi connectivity index (χ3v) is 3.20. The van der Waals surface area contributed by atoms with Crippen molar-refractivity contribution >= 4 is 15.9 Å². The molecule has 4 heteroatoms. The molecule has 2 heterocycles. The summed E-state index contributed by atoms with van der Waals surface area (Å²) >= 11 is 3.43. The molecule has 88 valence electrons. The molecule has 0 aliphatic heterocycles. The van der Waals surface area contributed by atoms with Gasteiger partial charge in [-0.2, -0.15) is 0 Å². The minimum atomic E-state index is 0.912. The number of hydrogen-bond acceptors (Lipinski definition) is 2. The van der Waals surface area contributed by atoms with E-state index in [4.69, 9.17) is 0 Å². The SMILES string of the molecule is Brc1ccc(-c2nccn2-c2cccnc2)cc1. The monoisotopic (exact) mass is 299 g/mol. The summed E-state index contributed by atoms with van der Waals surface area (Å²) in [6.45, 7) is 0. The molecule has 0 atom stereocenters. The molecule has 0 aliphatic rings. The average molecular weight is 300 g/mol. The molecule has 18 heavy (non-hydrogen) atoms. The van der Waals surface area contributed by atoms with E-state index in [9.17, 15) is 0 Å². The van der Waals surface area contributed by atoms with Gasteiger partial charge in [-0.05, 0) is 24.3 Å². The summed E-state index contributed by atoms with van der Waals surface area (Å²) in [6.07, 6.45) is 7.32. The normalized spacial score (nSPS) is 10.5. The van der Waals surface area contributed by atoms with Crippen LogP contribution in [0.1, 0.15) is 0 Å². The quantitative estimate of drug-likeness (QED) is 0.722. The number of halogens is 1. The summed E-state index contributed by atoms with van der Waals surface area (Å²) in [7, 11) is 0. The van der Waals surface area contributed by atoms with Gasteiger partial charge in [-0.3, -0.25) is 9.55 Å². The van der Waals surface area contributed by atoms with Gasteiger partial charge in [0.05, 0.1) is 11.9 Å². The first-order valence-corrected chi connectivity index (χ1v) is 6.33. The van der Waals surface area contributed by atoms with Crippen LogP contribution in [0.4, 0.5) is 0 Å². The summed E-state index contributed by atoms with van der Waals surface area (Å²) < 4.78 is 3.08. The minimum Gasteiger partial charge on any atom is -0.298 e. The number of imidazole rings is 1. The van der Waals surface area contributed by atoms with Gasteiger partial charge in [-0.1, -0.05) is 28.1 Å². The fourth-order valence-corrected chi connectivity index (χ4v) is 2.08. The molecule has 3 nitrogen and oxygen atoms in total. The van der Waals surface area contributed by atoms with Crippen LogP contribution in [0.15, 0.2) is 65.7 Å². The Bertz CT molecular complexity index is 644. The van der Waals surface area contributed by atoms with E-state index in [0.29, 0.717) is 0 Å². The largest absolute Gasteiger partial charge is 0.298 e. The summed E-state index contributed by atoms with van der Waals surface area (Å²) in [5.74, 6) is 0.912. The Morgan fingerprint density at radius 2 is 1.83 bits per heavy atom. The predicted molar refractivity (Wildman–Crippen MR) is 74.5 cm³/mol. The van der Waals surface area contributed by atoms with Crippen molar-refractivity contribution in [2.75, 3.05) is 0 Å². The van der Waals surface area contributed by atoms with Gasteiger partial charge in [0, 0.05) is 28.6 Å². The van der Waals surface area contributed by atoms with Crippen molar-refractivity contribution in [3.8, 4) is 17.1 Å². The Balaban J connectivity index is 2.10. The van der Waals surface area contributed by atoms with E-state index in [1.54, 1.807) is 12.4 Å². The maximum Gasteiger partial charge on any atom is 0.144 e. The molecular weight excluding hydrogens is 290 g/mol. The lowest BCUT2D eigenvalue weighted by atomic mass is 10.2. The van der Waals surface area contributed by atoms with Gasteiger partial charge < -0.3 is 0 Å². The smallest absolute Gasteiger partial charge is 0.144 e. The predicted octanol–water partition coefficient (Wildman–Crippen LogP) is 3.70. The summed E-state index contributed by atoms with van der Waals surface area (Å²) in [5.41, 5.74) is 2.08. The molecule has 0 unspecified atom stereocenters. The van der Waals surface area contributed by atoms with Crippen LogP contribution >= 0.6 is 15.9 Å². The molecule has 0 radical (unpaired) electrons. The summed E-state index contributed by atoms with van der Waals surface area (Å²) in [6, 6.07) is 12.0. The molecule has 3 aromatic rings. The second-order valence-corrected chi connectivity index (χ2v) is 4.75. The van der Waals surface area contributed by atoms with E-state index in [1.165, 1.54) is 0 Å². The third kappa shape index (κ3) is 2.07. The van der Waals surface area contributed by atoms with Gasteiger partial charge in [-0.25, -0.2) is 4.98 Å². The second kappa shape index (κ2) is 4.74. The number of hydrogen-bond donors (Lipinski definition) is 0. The van der Waals surface area contributed by atoms with Crippen LogP contribution in [0.5, 0.6) is 0 Å². The molecule has 0 N–H and O–H groups in total. The van der Waals surface area contributed by atoms with Crippen LogP contribution in [-0.2, 0) is 0 Å². The molecule has 1 aromatic carbocycles. The van der Waals surface area contributed by atoms with Crippen molar-refractivity contribution in [3.63, 3.8) is 0 Å². The van der Waals surface area contributed by atoms with E-state index < -0.39 is 0 Å². The first-order chi connectivity index (χ1) is 8.84. The van der Waals surface area contributed by atoms with Crippen LogP contribution in [0, 0.1) is 0 Å². The Hall–Kier alpha value is -1.94. The highest BCUT2D eigenvalue weighted by Crippen LogP contribution is 2.22. The first kappa shape index (κ1) is 11.2. The Labute approximate surface area is 113 Å². The molecule has 0 saturated carbocycles. The van der Waals surface area contributed by atoms with Crippen LogP contribution in [0.3, 0.4) is 0 Å². The maximum atomic E-state index is 4.41. The zero-order valence-corrected chi connectivity index (χ0v) is 11.1. The van der Waals surface area contributed by atoms with Crippen molar-refractivity contribution in [2.45, 2.75) is 0 Å². The number of rotatable bonds is 2. The minimum absolute atomic E-state index is 0.912. The van der Waals surface area contributed by atoms with Crippen molar-refractivity contribution < 1.29 is 0 Å². The first-order valence-electron chi connectivity index (χ1n) is 5.54. The van der Waals surface area contributed by atoms with E-state index in [-0.39, 0.29) is 0 Å². The highest BCUT2D eigenvalue weighted by Gasteiger charge is 2.07. The van der Waals surface area contributed by atoms with Crippen LogP contribution in [-0.4, -0.2) is 14.5 Å². The number of aromatic nitrogens is 3. The van der Waals surface area contributed by atoms with E-state index in [1.807, 2.05) is 53.4 Å². The number of nitrogens with zero attached hydrogens (tertiary/aromatic N) is 3. The van der Waals surface area contributed by atoms with Crippen LogP contribution in [0.25, 0.3) is 17.1 Å². The van der Waals surface area contributed by atoms with E-state index in [2.05, 4.69) is 25.9 Å². The van der Waals surface area contributed by atoms with Gasteiger partial charge in [-0.15, -0.1) is 0 Å². The Kier molecular flexibility index (Phi) is 2.94. The highest BCUT2D eigenvalue weighted by atomic mass is 79.9. The Morgan fingerprint density at radius 1 is 1.00 bits per heavy atom. The highest BCUT2D eigenvalue weighted by molar-refractivity contribution is 9.10. The fourth-order valence-electron chi connectivity index (χ4n) is 1.82. The lowest BCUT2D eigenvalue weighted by Gasteiger charge is -2.07. The molecule has 0 bridgehead atoms. The molecule has 0 saturated heterocycles. The standard InChI is InChI=1S/C14H10BrN3/c15-12-5-3-11(4-6-12)14-17-8-9-18(14)13-2-1-7-16-10-13/h1-10H. The lowest BCUT2D eigenvalue weighted by molar-refractivity contribution is 1.05. The fraction of sp³-hybridized carbons (Fsp3) is 0. The van der Waals surface area contributed by atoms with Crippen molar-refractivity contribution in [1.82, 2.24) is 14.5 Å². The molecule has 0 spiro atoms. The van der Waals surface area contributed by atoms with Crippen LogP contribution in [0.2, 0.25) is 0 Å². The van der Waals surface area contributed by atoms with Gasteiger partial charge >= 0.3 is 0 Å².